The topological polar surface area (TPSA) is 93.3 Å². The van der Waals surface area contributed by atoms with Crippen molar-refractivity contribution in [1.82, 2.24) is 19.5 Å². The second-order valence-corrected chi connectivity index (χ2v) is 3.23. The van der Waals surface area contributed by atoms with Crippen LogP contribution in [0.1, 0.15) is 0 Å². The van der Waals surface area contributed by atoms with Gasteiger partial charge < -0.3 is 14.9 Å². The molecule has 0 aliphatic heterocycles. The maximum atomic E-state index is 8.83. The molecule has 0 atom stereocenters. The molecule has 0 radical (unpaired) electrons. The van der Waals surface area contributed by atoms with Crippen LogP contribution in [0.3, 0.4) is 0 Å². The number of aliphatic hydroxyl groups excluding tert-OH is 2. The minimum absolute atomic E-state index is 0.180. The Hall–Kier alpha value is -1.57. The van der Waals surface area contributed by atoms with Crippen molar-refractivity contribution in [2.75, 3.05) is 13.2 Å². The predicted molar refractivity (Wildman–Crippen MR) is 54.4 cm³/mol. The molecule has 0 bridgehead atoms. The molecule has 0 saturated carbocycles. The fraction of sp³-hybridized carbons (Fsp3) is 0.444. The molecule has 2 N–H and O–H groups in total. The van der Waals surface area contributed by atoms with Gasteiger partial charge in [0.1, 0.15) is 24.7 Å². The molecule has 0 unspecified atom stereocenters. The maximum absolute atomic E-state index is 8.83. The van der Waals surface area contributed by atoms with Crippen molar-refractivity contribution in [1.29, 1.82) is 0 Å². The van der Waals surface area contributed by atoms with E-state index in [1.54, 1.807) is 17.1 Å². The van der Waals surface area contributed by atoms with Crippen LogP contribution in [0, 0.1) is 0 Å². The summed E-state index contributed by atoms with van der Waals surface area (Å²) in [7, 11) is 0. The molecule has 2 aromatic rings. The fourth-order valence-electron chi connectivity index (χ4n) is 1.26. The van der Waals surface area contributed by atoms with Gasteiger partial charge in [-0.2, -0.15) is 0 Å². The summed E-state index contributed by atoms with van der Waals surface area (Å²) >= 11 is 0. The second kappa shape index (κ2) is 4.97. The first-order valence-electron chi connectivity index (χ1n) is 4.79. The highest BCUT2D eigenvalue weighted by molar-refractivity contribution is 5.68. The average molecular weight is 224 g/mol. The molecule has 16 heavy (non-hydrogen) atoms. The number of fused-ring (bicyclic) bond motifs is 1. The molecule has 86 valence electrons. The number of aromatic nitrogens is 4. The highest BCUT2D eigenvalue weighted by Crippen LogP contribution is 2.07. The van der Waals surface area contributed by atoms with E-state index >= 15 is 0 Å². The minimum Gasteiger partial charge on any atom is -0.394 e. The molecule has 2 rings (SSSR count). The molecule has 2 aromatic heterocycles. The van der Waals surface area contributed by atoms with E-state index in [2.05, 4.69) is 15.0 Å². The number of aliphatic hydroxyl groups is 2. The van der Waals surface area contributed by atoms with Crippen LogP contribution in [-0.2, 0) is 11.5 Å². The van der Waals surface area contributed by atoms with Crippen molar-refractivity contribution in [3.05, 3.63) is 18.9 Å². The van der Waals surface area contributed by atoms with Gasteiger partial charge in [-0.1, -0.05) is 0 Å². The Balaban J connectivity index is 2.09. The molecule has 0 spiro atoms. The molecule has 0 aliphatic carbocycles. The summed E-state index contributed by atoms with van der Waals surface area (Å²) in [5.41, 5.74) is 1.33. The van der Waals surface area contributed by atoms with Gasteiger partial charge in [-0.05, 0) is 0 Å². The standard InChI is InChI=1S/C9H12N4O3/c14-2-7(3-15)16-6-13-5-12-8-1-10-4-11-9(8)13/h1,4-5,7,14-15H,2-3,6H2. The van der Waals surface area contributed by atoms with Gasteiger partial charge in [0.05, 0.1) is 25.7 Å². The summed E-state index contributed by atoms with van der Waals surface area (Å²) in [6, 6.07) is 0. The Bertz CT molecular complexity index is 455. The molecule has 7 heteroatoms. The monoisotopic (exact) mass is 224 g/mol. The average Bonchev–Trinajstić information content (AvgIpc) is 2.74. The van der Waals surface area contributed by atoms with Crippen LogP contribution < -0.4 is 0 Å². The molecule has 2 heterocycles. The van der Waals surface area contributed by atoms with Crippen molar-refractivity contribution in [3.8, 4) is 0 Å². The van der Waals surface area contributed by atoms with E-state index in [4.69, 9.17) is 14.9 Å². The van der Waals surface area contributed by atoms with Crippen LogP contribution in [0.5, 0.6) is 0 Å². The lowest BCUT2D eigenvalue weighted by Crippen LogP contribution is -2.23. The number of imidazole rings is 1. The van der Waals surface area contributed by atoms with Crippen LogP contribution in [-0.4, -0.2) is 49.0 Å². The Morgan fingerprint density at radius 2 is 2.12 bits per heavy atom. The smallest absolute Gasteiger partial charge is 0.165 e. The van der Waals surface area contributed by atoms with Gasteiger partial charge in [0.2, 0.25) is 0 Å². The maximum Gasteiger partial charge on any atom is 0.165 e. The van der Waals surface area contributed by atoms with E-state index in [0.29, 0.717) is 11.2 Å². The fourth-order valence-corrected chi connectivity index (χ4v) is 1.26. The molecular formula is C9H12N4O3. The van der Waals surface area contributed by atoms with Crippen LogP contribution >= 0.6 is 0 Å². The van der Waals surface area contributed by atoms with Gasteiger partial charge in [-0.25, -0.2) is 15.0 Å². The van der Waals surface area contributed by atoms with Crippen LogP contribution in [0.4, 0.5) is 0 Å². The molecule has 7 nitrogen and oxygen atoms in total. The van der Waals surface area contributed by atoms with Gasteiger partial charge in [-0.15, -0.1) is 0 Å². The molecule has 0 amide bonds. The van der Waals surface area contributed by atoms with Gasteiger partial charge in [-0.3, -0.25) is 4.57 Å². The number of hydrogen-bond acceptors (Lipinski definition) is 6. The molecule has 0 aliphatic rings. The Morgan fingerprint density at radius 1 is 1.31 bits per heavy atom. The van der Waals surface area contributed by atoms with Gasteiger partial charge in [0.25, 0.3) is 0 Å². The number of nitrogens with zero attached hydrogens (tertiary/aromatic N) is 4. The van der Waals surface area contributed by atoms with Crippen LogP contribution in [0.2, 0.25) is 0 Å². The van der Waals surface area contributed by atoms with Crippen LogP contribution in [0.25, 0.3) is 11.2 Å². The summed E-state index contributed by atoms with van der Waals surface area (Å²) in [4.78, 5) is 12.0. The Kier molecular flexibility index (Phi) is 3.40. The van der Waals surface area contributed by atoms with Crippen molar-refractivity contribution in [2.45, 2.75) is 12.8 Å². The van der Waals surface area contributed by atoms with E-state index < -0.39 is 6.10 Å². The number of rotatable bonds is 5. The van der Waals surface area contributed by atoms with Crippen LogP contribution in [0.15, 0.2) is 18.9 Å². The Labute approximate surface area is 91.4 Å². The highest BCUT2D eigenvalue weighted by Gasteiger charge is 2.08. The summed E-state index contributed by atoms with van der Waals surface area (Å²) < 4.78 is 6.93. The first kappa shape index (κ1) is 10.9. The zero-order chi connectivity index (χ0) is 11.4. The number of ether oxygens (including phenoxy) is 1. The zero-order valence-corrected chi connectivity index (χ0v) is 8.52. The van der Waals surface area contributed by atoms with Crippen molar-refractivity contribution >= 4 is 11.2 Å². The third-order valence-corrected chi connectivity index (χ3v) is 2.14. The quantitative estimate of drug-likeness (QED) is 0.687. The predicted octanol–water partition coefficient (Wildman–Crippen LogP) is -0.846. The SMILES string of the molecule is OCC(CO)OCn1cnc2cncnc21. The van der Waals surface area contributed by atoms with Gasteiger partial charge in [0.15, 0.2) is 5.65 Å². The summed E-state index contributed by atoms with van der Waals surface area (Å²) in [6.07, 6.45) is 4.02. The second-order valence-electron chi connectivity index (χ2n) is 3.23. The zero-order valence-electron chi connectivity index (χ0n) is 8.52. The molecular weight excluding hydrogens is 212 g/mol. The largest absolute Gasteiger partial charge is 0.394 e. The summed E-state index contributed by atoms with van der Waals surface area (Å²) in [5.74, 6) is 0. The lowest BCUT2D eigenvalue weighted by Gasteiger charge is -2.12. The first-order valence-corrected chi connectivity index (χ1v) is 4.79. The lowest BCUT2D eigenvalue weighted by atomic mass is 10.4. The Morgan fingerprint density at radius 3 is 2.88 bits per heavy atom. The third kappa shape index (κ3) is 2.16. The van der Waals surface area contributed by atoms with Gasteiger partial charge >= 0.3 is 0 Å². The number of hydrogen-bond donors (Lipinski definition) is 2. The van der Waals surface area contributed by atoms with E-state index in [9.17, 15) is 0 Å². The lowest BCUT2D eigenvalue weighted by molar-refractivity contribution is -0.0488. The molecule has 0 fully saturated rings. The third-order valence-electron chi connectivity index (χ3n) is 2.14. The summed E-state index contributed by atoms with van der Waals surface area (Å²) in [6.45, 7) is -0.268. The van der Waals surface area contributed by atoms with E-state index in [1.165, 1.54) is 6.33 Å². The highest BCUT2D eigenvalue weighted by atomic mass is 16.5. The van der Waals surface area contributed by atoms with Crippen molar-refractivity contribution < 1.29 is 14.9 Å². The molecule has 0 saturated heterocycles. The normalized spacial score (nSPS) is 11.4. The van der Waals surface area contributed by atoms with Gasteiger partial charge in [0, 0.05) is 0 Å². The summed E-state index contributed by atoms with van der Waals surface area (Å²) in [5, 5.41) is 17.7. The van der Waals surface area contributed by atoms with Crippen molar-refractivity contribution in [3.63, 3.8) is 0 Å². The first-order chi connectivity index (χ1) is 7.85. The minimum atomic E-state index is -0.584. The van der Waals surface area contributed by atoms with E-state index in [-0.39, 0.29) is 19.9 Å². The van der Waals surface area contributed by atoms with E-state index in [1.807, 2.05) is 0 Å². The van der Waals surface area contributed by atoms with E-state index in [0.717, 1.165) is 0 Å². The van der Waals surface area contributed by atoms with Crippen molar-refractivity contribution in [2.24, 2.45) is 0 Å². The molecule has 0 aromatic carbocycles.